The van der Waals surface area contributed by atoms with Crippen LogP contribution in [0, 0.1) is 0 Å². The smallest absolute Gasteiger partial charge is 0.164 e. The maximum absolute atomic E-state index is 6.52. The van der Waals surface area contributed by atoms with Crippen molar-refractivity contribution < 1.29 is 4.42 Å². The molecule has 1 aliphatic carbocycles. The second-order valence-corrected chi connectivity index (χ2v) is 16.0. The maximum atomic E-state index is 6.52. The zero-order chi connectivity index (χ0) is 39.2. The highest BCUT2D eigenvalue weighted by Gasteiger charge is 2.38. The van der Waals surface area contributed by atoms with E-state index in [4.69, 9.17) is 19.4 Å². The summed E-state index contributed by atoms with van der Waals surface area (Å²) in [4.78, 5) is 15.6. The van der Waals surface area contributed by atoms with Crippen LogP contribution >= 0.6 is 0 Å². The van der Waals surface area contributed by atoms with E-state index in [0.717, 1.165) is 61.0 Å². The second kappa shape index (κ2) is 12.7. The summed E-state index contributed by atoms with van der Waals surface area (Å²) in [6, 6.07) is 64.0. The number of para-hydroxylation sites is 2. The van der Waals surface area contributed by atoms with Gasteiger partial charge in [0, 0.05) is 49.3 Å². The molecule has 0 bridgehead atoms. The van der Waals surface area contributed by atoms with Gasteiger partial charge < -0.3 is 8.98 Å². The summed E-state index contributed by atoms with van der Waals surface area (Å²) in [5, 5.41) is 4.70. The van der Waals surface area contributed by atoms with Crippen LogP contribution < -0.4 is 0 Å². The zero-order valence-electron chi connectivity index (χ0n) is 32.5. The molecule has 1 aliphatic rings. The predicted octanol–water partition coefficient (Wildman–Crippen LogP) is 13.8. The van der Waals surface area contributed by atoms with Gasteiger partial charge >= 0.3 is 0 Å². The minimum atomic E-state index is -0.150. The topological polar surface area (TPSA) is 56.7 Å². The van der Waals surface area contributed by atoms with E-state index in [0.29, 0.717) is 17.5 Å². The summed E-state index contributed by atoms with van der Waals surface area (Å²) >= 11 is 0. The van der Waals surface area contributed by atoms with Crippen LogP contribution in [0.15, 0.2) is 186 Å². The quantitative estimate of drug-likeness (QED) is 0.175. The minimum absolute atomic E-state index is 0.150. The van der Waals surface area contributed by atoms with Gasteiger partial charge in [0.1, 0.15) is 11.2 Å². The Morgan fingerprint density at radius 1 is 0.424 bits per heavy atom. The summed E-state index contributed by atoms with van der Waals surface area (Å²) in [7, 11) is 0. The Bertz CT molecular complexity index is 3470. The van der Waals surface area contributed by atoms with Crippen molar-refractivity contribution in [2.75, 3.05) is 0 Å². The average Bonchev–Trinajstić information content (AvgIpc) is 3.92. The summed E-state index contributed by atoms with van der Waals surface area (Å²) in [6.45, 7) is 4.72. The van der Waals surface area contributed by atoms with Crippen molar-refractivity contribution >= 4 is 43.7 Å². The molecule has 8 aromatic carbocycles. The number of hydrogen-bond acceptors (Lipinski definition) is 4. The molecule has 0 unspecified atom stereocenters. The van der Waals surface area contributed by atoms with Crippen LogP contribution in [0.5, 0.6) is 0 Å². The van der Waals surface area contributed by atoms with E-state index in [2.05, 4.69) is 152 Å². The number of hydrogen-bond donors (Lipinski definition) is 0. The van der Waals surface area contributed by atoms with E-state index in [1.54, 1.807) is 0 Å². The lowest BCUT2D eigenvalue weighted by Crippen LogP contribution is -2.15. The molecular weight excluding hydrogens is 721 g/mol. The molecule has 278 valence electrons. The lowest BCUT2D eigenvalue weighted by Gasteiger charge is -2.22. The molecule has 0 aliphatic heterocycles. The van der Waals surface area contributed by atoms with Gasteiger partial charge in [0.25, 0.3) is 0 Å². The van der Waals surface area contributed by atoms with Gasteiger partial charge in [0.15, 0.2) is 17.5 Å². The number of rotatable bonds is 5. The zero-order valence-corrected chi connectivity index (χ0v) is 32.5. The van der Waals surface area contributed by atoms with Crippen LogP contribution in [-0.2, 0) is 5.41 Å². The Balaban J connectivity index is 1.07. The van der Waals surface area contributed by atoms with Crippen LogP contribution in [0.4, 0.5) is 0 Å². The normalized spacial score (nSPS) is 13.1. The number of nitrogens with zero attached hydrogens (tertiary/aromatic N) is 4. The molecule has 3 heterocycles. The van der Waals surface area contributed by atoms with Crippen LogP contribution in [0.1, 0.15) is 25.0 Å². The second-order valence-electron chi connectivity index (χ2n) is 16.0. The molecule has 59 heavy (non-hydrogen) atoms. The number of aromatic nitrogens is 4. The van der Waals surface area contributed by atoms with E-state index < -0.39 is 0 Å². The van der Waals surface area contributed by atoms with E-state index in [1.165, 1.54) is 38.5 Å². The molecule has 0 fully saturated rings. The van der Waals surface area contributed by atoms with Crippen molar-refractivity contribution in [3.05, 3.63) is 193 Å². The summed E-state index contributed by atoms with van der Waals surface area (Å²) in [6.07, 6.45) is 0. The maximum Gasteiger partial charge on any atom is 0.164 e. The Labute approximate surface area is 340 Å². The molecule has 5 heteroatoms. The number of benzene rings is 8. The standard InChI is InChI=1S/C54H36N4O/c1-54(2)43-25-12-9-22-38(43)39-28-29-45-49(50(39)54)40-23-10-13-26-44(40)58(45)37-21-15-20-35(30-37)52-55-51(34-18-7-4-8-19-34)56-53(57-52)36-31-42(33-16-5-3-6-17-33)48-41-24-11-14-27-46(41)59-47(48)32-36/h3-32H,1-2H3. The van der Waals surface area contributed by atoms with E-state index in [9.17, 15) is 0 Å². The van der Waals surface area contributed by atoms with Crippen molar-refractivity contribution in [1.29, 1.82) is 0 Å². The first-order valence-corrected chi connectivity index (χ1v) is 20.1. The molecule has 3 aromatic heterocycles. The fourth-order valence-electron chi connectivity index (χ4n) is 9.57. The van der Waals surface area contributed by atoms with Crippen LogP contribution in [0.2, 0.25) is 0 Å². The molecule has 0 saturated carbocycles. The van der Waals surface area contributed by atoms with Gasteiger partial charge in [-0.1, -0.05) is 153 Å². The van der Waals surface area contributed by atoms with E-state index in [1.807, 2.05) is 48.5 Å². The van der Waals surface area contributed by atoms with Gasteiger partial charge in [-0.2, -0.15) is 0 Å². The fraction of sp³-hybridized carbons (Fsp3) is 0.0556. The first-order chi connectivity index (χ1) is 29.0. The molecule has 0 atom stereocenters. The Morgan fingerprint density at radius 3 is 1.88 bits per heavy atom. The monoisotopic (exact) mass is 756 g/mol. The minimum Gasteiger partial charge on any atom is -0.456 e. The lowest BCUT2D eigenvalue weighted by atomic mass is 9.80. The molecule has 0 radical (unpaired) electrons. The predicted molar refractivity (Wildman–Crippen MR) is 241 cm³/mol. The van der Waals surface area contributed by atoms with Gasteiger partial charge in [-0.25, -0.2) is 15.0 Å². The van der Waals surface area contributed by atoms with Crippen molar-refractivity contribution in [3.63, 3.8) is 0 Å². The summed E-state index contributed by atoms with van der Waals surface area (Å²) < 4.78 is 8.92. The SMILES string of the molecule is CC1(C)c2ccccc2-c2ccc3c(c21)c1ccccc1n3-c1cccc(-c2nc(-c3ccccc3)nc(-c3cc(-c4ccccc4)c4c(c3)oc3ccccc34)n2)c1. The molecule has 11 aromatic rings. The van der Waals surface area contributed by atoms with Gasteiger partial charge in [0.05, 0.1) is 11.0 Å². The van der Waals surface area contributed by atoms with Gasteiger partial charge in [-0.15, -0.1) is 0 Å². The van der Waals surface area contributed by atoms with Crippen molar-refractivity contribution in [2.45, 2.75) is 19.3 Å². The first-order valence-electron chi connectivity index (χ1n) is 20.1. The molecule has 0 spiro atoms. The third-order valence-corrected chi connectivity index (χ3v) is 12.2. The Hall–Kier alpha value is -7.63. The highest BCUT2D eigenvalue weighted by molar-refractivity contribution is 6.15. The molecule has 0 N–H and O–H groups in total. The molecule has 12 rings (SSSR count). The Morgan fingerprint density at radius 2 is 1.07 bits per heavy atom. The fourth-order valence-corrected chi connectivity index (χ4v) is 9.57. The molecular formula is C54H36N4O. The van der Waals surface area contributed by atoms with Crippen molar-refractivity contribution in [2.24, 2.45) is 0 Å². The molecule has 5 nitrogen and oxygen atoms in total. The third kappa shape index (κ3) is 5.08. The third-order valence-electron chi connectivity index (χ3n) is 12.2. The summed E-state index contributed by atoms with van der Waals surface area (Å²) in [5.41, 5.74) is 15.1. The van der Waals surface area contributed by atoms with Crippen LogP contribution in [-0.4, -0.2) is 19.5 Å². The van der Waals surface area contributed by atoms with Crippen molar-refractivity contribution in [3.8, 4) is 62.1 Å². The first kappa shape index (κ1) is 33.5. The highest BCUT2D eigenvalue weighted by Crippen LogP contribution is 2.53. The van der Waals surface area contributed by atoms with Gasteiger partial charge in [-0.05, 0) is 75.8 Å². The lowest BCUT2D eigenvalue weighted by molar-refractivity contribution is 0.666. The largest absolute Gasteiger partial charge is 0.456 e. The van der Waals surface area contributed by atoms with Crippen LogP contribution in [0.3, 0.4) is 0 Å². The van der Waals surface area contributed by atoms with Crippen molar-refractivity contribution in [1.82, 2.24) is 19.5 Å². The molecule has 0 amide bonds. The van der Waals surface area contributed by atoms with Crippen LogP contribution in [0.25, 0.3) is 106 Å². The number of furan rings is 1. The van der Waals surface area contributed by atoms with E-state index >= 15 is 0 Å². The molecule has 0 saturated heterocycles. The van der Waals surface area contributed by atoms with E-state index in [-0.39, 0.29) is 5.41 Å². The highest BCUT2D eigenvalue weighted by atomic mass is 16.3. The Kier molecular flexibility index (Phi) is 7.20. The average molecular weight is 757 g/mol. The van der Waals surface area contributed by atoms with Gasteiger partial charge in [0.2, 0.25) is 0 Å². The summed E-state index contributed by atoms with van der Waals surface area (Å²) in [5.74, 6) is 1.78. The number of fused-ring (bicyclic) bond motifs is 10. The van der Waals surface area contributed by atoms with Gasteiger partial charge in [-0.3, -0.25) is 0 Å².